The Hall–Kier alpha value is -4.64. The first-order valence-electron chi connectivity index (χ1n) is 11.1. The van der Waals surface area contributed by atoms with Crippen molar-refractivity contribution in [3.05, 3.63) is 84.4 Å². The van der Waals surface area contributed by atoms with Gasteiger partial charge in [-0.3, -0.25) is 4.68 Å². The summed E-state index contributed by atoms with van der Waals surface area (Å²) in [5.74, 6) is 1.58. The third-order valence-electron chi connectivity index (χ3n) is 5.52. The van der Waals surface area contributed by atoms with Gasteiger partial charge < -0.3 is 14.6 Å². The number of rotatable bonds is 8. The number of fused-ring (bicyclic) bond motifs is 1. The zero-order valence-corrected chi connectivity index (χ0v) is 20.3. The maximum Gasteiger partial charge on any atom is 0.249 e. The Morgan fingerprint density at radius 2 is 1.97 bits per heavy atom. The monoisotopic (exact) mass is 465 g/mol. The SMILES string of the molecule is C=C/C=C(\C=C/CC#N)Nc1nc(Oc2c(C)cc(-c3ccnn3C)cc2C)c2c(ccn2C)n1. The Morgan fingerprint density at radius 3 is 2.63 bits per heavy atom. The van der Waals surface area contributed by atoms with Crippen molar-refractivity contribution in [2.24, 2.45) is 14.1 Å². The van der Waals surface area contributed by atoms with Gasteiger partial charge in [-0.15, -0.1) is 0 Å². The molecule has 0 aliphatic heterocycles. The van der Waals surface area contributed by atoms with Gasteiger partial charge in [-0.05, 0) is 61.4 Å². The van der Waals surface area contributed by atoms with E-state index >= 15 is 0 Å². The normalized spacial score (nSPS) is 11.7. The molecule has 3 aromatic heterocycles. The molecule has 0 unspecified atom stereocenters. The van der Waals surface area contributed by atoms with Crippen LogP contribution in [-0.2, 0) is 14.1 Å². The lowest BCUT2D eigenvalue weighted by Crippen LogP contribution is -2.05. The molecule has 8 heteroatoms. The van der Waals surface area contributed by atoms with Crippen LogP contribution in [0.25, 0.3) is 22.3 Å². The lowest BCUT2D eigenvalue weighted by molar-refractivity contribution is 0.459. The first-order chi connectivity index (χ1) is 16.9. The Morgan fingerprint density at radius 1 is 1.20 bits per heavy atom. The minimum atomic E-state index is 0.302. The predicted octanol–water partition coefficient (Wildman–Crippen LogP) is 5.73. The largest absolute Gasteiger partial charge is 0.436 e. The quantitative estimate of drug-likeness (QED) is 0.334. The van der Waals surface area contributed by atoms with Gasteiger partial charge in [-0.1, -0.05) is 18.7 Å². The summed E-state index contributed by atoms with van der Waals surface area (Å²) in [6, 6.07) is 10.2. The highest BCUT2D eigenvalue weighted by Gasteiger charge is 2.17. The van der Waals surface area contributed by atoms with E-state index in [9.17, 15) is 0 Å². The number of nitrogens with one attached hydrogen (secondary N) is 1. The smallest absolute Gasteiger partial charge is 0.249 e. The van der Waals surface area contributed by atoms with E-state index in [1.165, 1.54) is 0 Å². The summed E-state index contributed by atoms with van der Waals surface area (Å²) in [4.78, 5) is 9.34. The standard InChI is InChI=1S/C27H27N7O/c1-6-9-21(10-7-8-13-28)30-27-31-22-12-15-33(4)24(22)26(32-27)35-25-18(2)16-20(17-19(25)3)23-11-14-29-34(23)5/h6-7,9-12,14-17H,1,8H2,2-5H3,(H,30,31,32)/b10-7-,21-9+. The van der Waals surface area contributed by atoms with E-state index in [0.29, 0.717) is 23.9 Å². The fraction of sp³-hybridized carbons (Fsp3) is 0.185. The first-order valence-corrected chi connectivity index (χ1v) is 11.1. The van der Waals surface area contributed by atoms with Crippen LogP contribution in [0.2, 0.25) is 0 Å². The van der Waals surface area contributed by atoms with Crippen LogP contribution in [0.3, 0.4) is 0 Å². The third-order valence-corrected chi connectivity index (χ3v) is 5.52. The minimum Gasteiger partial charge on any atom is -0.436 e. The molecule has 0 atom stereocenters. The van der Waals surface area contributed by atoms with Crippen molar-refractivity contribution in [3.63, 3.8) is 0 Å². The van der Waals surface area contributed by atoms with Gasteiger partial charge in [0.1, 0.15) is 11.3 Å². The second kappa shape index (κ2) is 10.1. The number of aromatic nitrogens is 5. The average molecular weight is 466 g/mol. The molecule has 3 heterocycles. The van der Waals surface area contributed by atoms with Gasteiger partial charge in [-0.25, -0.2) is 4.98 Å². The summed E-state index contributed by atoms with van der Waals surface area (Å²) in [5, 5.41) is 16.3. The van der Waals surface area contributed by atoms with Gasteiger partial charge in [0.2, 0.25) is 11.8 Å². The Labute approximate surface area is 204 Å². The number of nitriles is 1. The van der Waals surface area contributed by atoms with E-state index in [0.717, 1.165) is 39.2 Å². The van der Waals surface area contributed by atoms with E-state index in [1.54, 1.807) is 30.5 Å². The Bertz CT molecular complexity index is 1470. The molecule has 0 aliphatic rings. The molecule has 0 spiro atoms. The highest BCUT2D eigenvalue weighted by Crippen LogP contribution is 2.35. The molecule has 4 rings (SSSR count). The summed E-state index contributed by atoms with van der Waals surface area (Å²) in [7, 11) is 3.86. The minimum absolute atomic E-state index is 0.302. The molecule has 0 amide bonds. The van der Waals surface area contributed by atoms with Crippen LogP contribution in [0.1, 0.15) is 17.5 Å². The van der Waals surface area contributed by atoms with Gasteiger partial charge in [0, 0.05) is 37.7 Å². The molecular formula is C27H27N7O. The number of aryl methyl sites for hydroxylation is 4. The highest BCUT2D eigenvalue weighted by molar-refractivity contribution is 5.82. The van der Waals surface area contributed by atoms with Gasteiger partial charge in [0.25, 0.3) is 0 Å². The summed E-state index contributed by atoms with van der Waals surface area (Å²) >= 11 is 0. The van der Waals surface area contributed by atoms with Crippen molar-refractivity contribution >= 4 is 17.0 Å². The second-order valence-electron chi connectivity index (χ2n) is 8.14. The first kappa shape index (κ1) is 23.5. The summed E-state index contributed by atoms with van der Waals surface area (Å²) < 4.78 is 10.2. The topological polar surface area (TPSA) is 93.6 Å². The molecule has 0 aliphatic carbocycles. The molecule has 8 nitrogen and oxygen atoms in total. The van der Waals surface area contributed by atoms with E-state index in [2.05, 4.69) is 40.2 Å². The lowest BCUT2D eigenvalue weighted by Gasteiger charge is -2.15. The van der Waals surface area contributed by atoms with Gasteiger partial charge in [0.05, 0.1) is 23.7 Å². The fourth-order valence-corrected chi connectivity index (χ4v) is 3.93. The van der Waals surface area contributed by atoms with Crippen LogP contribution in [0, 0.1) is 25.2 Å². The van der Waals surface area contributed by atoms with Crippen LogP contribution in [0.15, 0.2) is 73.2 Å². The van der Waals surface area contributed by atoms with Crippen LogP contribution in [0.4, 0.5) is 5.95 Å². The average Bonchev–Trinajstić information content (AvgIpc) is 3.42. The molecule has 35 heavy (non-hydrogen) atoms. The predicted molar refractivity (Wildman–Crippen MR) is 138 cm³/mol. The molecule has 0 radical (unpaired) electrons. The van der Waals surface area contributed by atoms with Gasteiger partial charge in [-0.2, -0.15) is 15.3 Å². The molecule has 1 N–H and O–H groups in total. The molecule has 0 saturated heterocycles. The van der Waals surface area contributed by atoms with Crippen molar-refractivity contribution in [2.45, 2.75) is 20.3 Å². The van der Waals surface area contributed by atoms with Gasteiger partial charge >= 0.3 is 0 Å². The van der Waals surface area contributed by atoms with E-state index in [1.807, 2.05) is 55.5 Å². The van der Waals surface area contributed by atoms with Crippen molar-refractivity contribution in [1.82, 2.24) is 24.3 Å². The second-order valence-corrected chi connectivity index (χ2v) is 8.14. The summed E-state index contributed by atoms with van der Waals surface area (Å²) in [5.41, 5.74) is 6.34. The van der Waals surface area contributed by atoms with E-state index < -0.39 is 0 Å². The summed E-state index contributed by atoms with van der Waals surface area (Å²) in [6.07, 6.45) is 11.0. The number of hydrogen-bond donors (Lipinski definition) is 1. The number of ether oxygens (including phenoxy) is 1. The maximum absolute atomic E-state index is 8.82. The van der Waals surface area contributed by atoms with Crippen LogP contribution >= 0.6 is 0 Å². The van der Waals surface area contributed by atoms with Crippen LogP contribution in [0.5, 0.6) is 11.6 Å². The van der Waals surface area contributed by atoms with Crippen LogP contribution in [-0.4, -0.2) is 24.3 Å². The summed E-state index contributed by atoms with van der Waals surface area (Å²) in [6.45, 7) is 7.80. The molecule has 1 aromatic carbocycles. The molecule has 0 saturated carbocycles. The third kappa shape index (κ3) is 4.99. The molecule has 4 aromatic rings. The van der Waals surface area contributed by atoms with Crippen molar-refractivity contribution in [2.75, 3.05) is 5.32 Å². The van der Waals surface area contributed by atoms with Crippen LogP contribution < -0.4 is 10.1 Å². The highest BCUT2D eigenvalue weighted by atomic mass is 16.5. The molecular weight excluding hydrogens is 438 g/mol. The molecule has 0 bridgehead atoms. The van der Waals surface area contributed by atoms with E-state index in [-0.39, 0.29) is 0 Å². The molecule has 176 valence electrons. The van der Waals surface area contributed by atoms with E-state index in [4.69, 9.17) is 15.0 Å². The fourth-order valence-electron chi connectivity index (χ4n) is 3.93. The number of allylic oxidation sites excluding steroid dienone is 4. The van der Waals surface area contributed by atoms with Crippen molar-refractivity contribution in [1.29, 1.82) is 5.26 Å². The number of anilines is 1. The lowest BCUT2D eigenvalue weighted by atomic mass is 10.0. The van der Waals surface area contributed by atoms with Crippen molar-refractivity contribution in [3.8, 4) is 29.0 Å². The zero-order valence-electron chi connectivity index (χ0n) is 20.3. The molecule has 0 fully saturated rings. The number of benzene rings is 1. The zero-order chi connectivity index (χ0) is 24.9. The number of nitrogens with zero attached hydrogens (tertiary/aromatic N) is 6. The van der Waals surface area contributed by atoms with Gasteiger partial charge in [0.15, 0.2) is 0 Å². The van der Waals surface area contributed by atoms with Crippen molar-refractivity contribution < 1.29 is 4.74 Å². The maximum atomic E-state index is 8.82. The Balaban J connectivity index is 1.73. The Kier molecular flexibility index (Phi) is 6.78. The number of hydrogen-bond acceptors (Lipinski definition) is 6.